The van der Waals surface area contributed by atoms with Gasteiger partial charge in [0.25, 0.3) is 0 Å². The molecule has 1 amide bonds. The molecule has 20 heavy (non-hydrogen) atoms. The monoisotopic (exact) mass is 282 g/mol. The third kappa shape index (κ3) is 3.15. The molecule has 0 aliphatic carbocycles. The number of rotatable bonds is 3. The molecule has 0 radical (unpaired) electrons. The van der Waals surface area contributed by atoms with E-state index >= 15 is 0 Å². The Hall–Kier alpha value is -1.49. The minimum Gasteiger partial charge on any atom is -0.339 e. The van der Waals surface area contributed by atoms with Crippen molar-refractivity contribution >= 4 is 5.91 Å². The predicted molar refractivity (Wildman–Crippen MR) is 73.1 cm³/mol. The van der Waals surface area contributed by atoms with Crippen LogP contribution in [0.15, 0.2) is 18.2 Å². The van der Waals surface area contributed by atoms with Crippen LogP contribution in [0.2, 0.25) is 0 Å². The number of piperidine rings is 1. The third-order valence-corrected chi connectivity index (χ3v) is 3.98. The van der Waals surface area contributed by atoms with E-state index < -0.39 is 17.7 Å². The third-order valence-electron chi connectivity index (χ3n) is 3.98. The van der Waals surface area contributed by atoms with E-state index in [9.17, 15) is 13.6 Å². The van der Waals surface area contributed by atoms with Crippen molar-refractivity contribution in [3.05, 3.63) is 35.4 Å². The Morgan fingerprint density at radius 3 is 2.85 bits per heavy atom. The van der Waals surface area contributed by atoms with Crippen molar-refractivity contribution in [1.29, 1.82) is 0 Å². The van der Waals surface area contributed by atoms with Crippen molar-refractivity contribution in [2.45, 2.75) is 25.8 Å². The first kappa shape index (κ1) is 14.9. The Balaban J connectivity index is 2.12. The van der Waals surface area contributed by atoms with Gasteiger partial charge in [0.1, 0.15) is 11.6 Å². The quantitative estimate of drug-likeness (QED) is 0.923. The molecule has 1 N–H and O–H groups in total. The summed E-state index contributed by atoms with van der Waals surface area (Å²) in [5.41, 5.74) is 0.213. The smallest absolute Gasteiger partial charge is 0.227 e. The second-order valence-electron chi connectivity index (χ2n) is 5.33. The van der Waals surface area contributed by atoms with Gasteiger partial charge in [0.2, 0.25) is 5.91 Å². The van der Waals surface area contributed by atoms with Gasteiger partial charge in [-0.2, -0.15) is 0 Å². The molecular formula is C15H20F2N2O. The number of nitrogens with one attached hydrogen (secondary N) is 1. The summed E-state index contributed by atoms with van der Waals surface area (Å²) in [6, 6.07) is 2.85. The highest BCUT2D eigenvalue weighted by Crippen LogP contribution is 2.25. The van der Waals surface area contributed by atoms with Crippen molar-refractivity contribution in [2.75, 3.05) is 20.1 Å². The molecule has 1 fully saturated rings. The number of amides is 1. The largest absolute Gasteiger partial charge is 0.339 e. The number of benzene rings is 1. The molecule has 3 nitrogen and oxygen atoms in total. The SMILES string of the molecule is C[C@H](c1cc(F)ccc1F)N(C)C(=O)[C@@H]1CCCNC1. The molecule has 110 valence electrons. The fourth-order valence-electron chi connectivity index (χ4n) is 2.58. The van der Waals surface area contributed by atoms with E-state index in [1.165, 1.54) is 4.90 Å². The van der Waals surface area contributed by atoms with E-state index in [1.807, 2.05) is 0 Å². The molecule has 0 unspecified atom stereocenters. The molecule has 0 spiro atoms. The minimum absolute atomic E-state index is 0.0200. The first-order chi connectivity index (χ1) is 9.50. The van der Waals surface area contributed by atoms with E-state index in [-0.39, 0.29) is 17.4 Å². The van der Waals surface area contributed by atoms with E-state index in [0.717, 1.165) is 37.6 Å². The van der Waals surface area contributed by atoms with E-state index in [1.54, 1.807) is 14.0 Å². The van der Waals surface area contributed by atoms with Crippen molar-refractivity contribution < 1.29 is 13.6 Å². The maximum atomic E-state index is 13.8. The van der Waals surface area contributed by atoms with Gasteiger partial charge in [-0.05, 0) is 44.5 Å². The van der Waals surface area contributed by atoms with Crippen LogP contribution >= 0.6 is 0 Å². The van der Waals surface area contributed by atoms with Crippen LogP contribution in [0.25, 0.3) is 0 Å². The van der Waals surface area contributed by atoms with Gasteiger partial charge in [-0.25, -0.2) is 8.78 Å². The van der Waals surface area contributed by atoms with E-state index in [4.69, 9.17) is 0 Å². The molecule has 1 aliphatic heterocycles. The Labute approximate surface area is 118 Å². The van der Waals surface area contributed by atoms with Crippen LogP contribution < -0.4 is 5.32 Å². The number of carbonyl (C=O) groups is 1. The van der Waals surface area contributed by atoms with Gasteiger partial charge in [-0.3, -0.25) is 4.79 Å². The van der Waals surface area contributed by atoms with Gasteiger partial charge in [0.05, 0.1) is 12.0 Å². The summed E-state index contributed by atoms with van der Waals surface area (Å²) in [5.74, 6) is -1.07. The normalized spacial score (nSPS) is 20.5. The van der Waals surface area contributed by atoms with Crippen molar-refractivity contribution in [3.63, 3.8) is 0 Å². The number of carbonyl (C=O) groups excluding carboxylic acids is 1. The van der Waals surface area contributed by atoms with Gasteiger partial charge in [-0.15, -0.1) is 0 Å². The lowest BCUT2D eigenvalue weighted by atomic mass is 9.96. The Bertz CT molecular complexity index is 487. The molecular weight excluding hydrogens is 262 g/mol. The maximum absolute atomic E-state index is 13.8. The first-order valence-corrected chi connectivity index (χ1v) is 6.93. The highest BCUT2D eigenvalue weighted by atomic mass is 19.1. The number of hydrogen-bond acceptors (Lipinski definition) is 2. The molecule has 1 heterocycles. The van der Waals surface area contributed by atoms with Crippen LogP contribution in [-0.4, -0.2) is 30.9 Å². The molecule has 0 bridgehead atoms. The summed E-state index contributed by atoms with van der Waals surface area (Å²) in [6.45, 7) is 3.30. The molecule has 1 aromatic rings. The number of hydrogen-bond donors (Lipinski definition) is 1. The van der Waals surface area contributed by atoms with Crippen molar-refractivity contribution in [2.24, 2.45) is 5.92 Å². The van der Waals surface area contributed by atoms with Crippen molar-refractivity contribution in [3.8, 4) is 0 Å². The summed E-state index contributed by atoms with van der Waals surface area (Å²) in [5, 5.41) is 3.19. The van der Waals surface area contributed by atoms with E-state index in [0.29, 0.717) is 6.54 Å². The van der Waals surface area contributed by atoms with Crippen LogP contribution in [0.1, 0.15) is 31.4 Å². The highest BCUT2D eigenvalue weighted by Gasteiger charge is 2.28. The van der Waals surface area contributed by atoms with Gasteiger partial charge in [0, 0.05) is 19.2 Å². The van der Waals surface area contributed by atoms with Crippen LogP contribution in [0.5, 0.6) is 0 Å². The predicted octanol–water partition coefficient (Wildman–Crippen LogP) is 2.48. The lowest BCUT2D eigenvalue weighted by molar-refractivity contribution is -0.136. The Morgan fingerprint density at radius 1 is 1.45 bits per heavy atom. The number of halogens is 2. The van der Waals surface area contributed by atoms with Crippen LogP contribution in [0.4, 0.5) is 8.78 Å². The second-order valence-corrected chi connectivity index (χ2v) is 5.33. The molecule has 1 aliphatic rings. The Morgan fingerprint density at radius 2 is 2.20 bits per heavy atom. The topological polar surface area (TPSA) is 32.3 Å². The zero-order valence-corrected chi connectivity index (χ0v) is 11.8. The summed E-state index contributed by atoms with van der Waals surface area (Å²) in [4.78, 5) is 13.9. The van der Waals surface area contributed by atoms with Crippen molar-refractivity contribution in [1.82, 2.24) is 10.2 Å². The van der Waals surface area contributed by atoms with E-state index in [2.05, 4.69) is 5.32 Å². The summed E-state index contributed by atoms with van der Waals surface area (Å²) < 4.78 is 27.0. The standard InChI is InChI=1S/C15H20F2N2O/c1-10(13-8-12(16)5-6-14(13)17)19(2)15(20)11-4-3-7-18-9-11/h5-6,8,10-11,18H,3-4,7,9H2,1-2H3/t10-,11-/m1/s1. The second kappa shape index (κ2) is 6.31. The molecule has 2 rings (SSSR count). The first-order valence-electron chi connectivity index (χ1n) is 6.93. The van der Waals surface area contributed by atoms with Crippen LogP contribution in [0, 0.1) is 17.6 Å². The lowest BCUT2D eigenvalue weighted by Crippen LogP contribution is -2.42. The van der Waals surface area contributed by atoms with Crippen LogP contribution in [0.3, 0.4) is 0 Å². The summed E-state index contributed by atoms with van der Waals surface area (Å²) in [6.07, 6.45) is 1.81. The minimum atomic E-state index is -0.492. The molecule has 0 aromatic heterocycles. The highest BCUT2D eigenvalue weighted by molar-refractivity contribution is 5.79. The molecule has 2 atom stereocenters. The zero-order chi connectivity index (χ0) is 14.7. The lowest BCUT2D eigenvalue weighted by Gasteiger charge is -2.31. The molecule has 1 saturated heterocycles. The fourth-order valence-corrected chi connectivity index (χ4v) is 2.58. The van der Waals surface area contributed by atoms with Gasteiger partial charge in [-0.1, -0.05) is 0 Å². The maximum Gasteiger partial charge on any atom is 0.227 e. The Kier molecular flexibility index (Phi) is 4.70. The summed E-state index contributed by atoms with van der Waals surface area (Å²) >= 11 is 0. The molecule has 5 heteroatoms. The fraction of sp³-hybridized carbons (Fsp3) is 0.533. The average Bonchev–Trinajstić information content (AvgIpc) is 2.48. The van der Waals surface area contributed by atoms with Gasteiger partial charge in [0.15, 0.2) is 0 Å². The molecule has 0 saturated carbocycles. The van der Waals surface area contributed by atoms with Crippen LogP contribution in [-0.2, 0) is 4.79 Å². The summed E-state index contributed by atoms with van der Waals surface area (Å²) in [7, 11) is 1.64. The molecule has 1 aromatic carbocycles. The van der Waals surface area contributed by atoms with Gasteiger partial charge < -0.3 is 10.2 Å². The average molecular weight is 282 g/mol. The zero-order valence-electron chi connectivity index (χ0n) is 11.8. The van der Waals surface area contributed by atoms with Gasteiger partial charge >= 0.3 is 0 Å². The number of nitrogens with zero attached hydrogens (tertiary/aromatic N) is 1.